The molecule has 6 heteroatoms. The Morgan fingerprint density at radius 3 is 2.78 bits per heavy atom. The number of ether oxygens (including phenoxy) is 2. The second-order valence-corrected chi connectivity index (χ2v) is 8.97. The number of thioether (sulfide) groups is 1. The van der Waals surface area contributed by atoms with Crippen molar-refractivity contribution in [1.29, 1.82) is 0 Å². The van der Waals surface area contributed by atoms with Crippen molar-refractivity contribution in [2.45, 2.75) is 38.6 Å². The number of carbonyl (C=O) groups is 1. The van der Waals surface area contributed by atoms with E-state index in [2.05, 4.69) is 37.1 Å². The second-order valence-electron chi connectivity index (χ2n) is 7.86. The summed E-state index contributed by atoms with van der Waals surface area (Å²) < 4.78 is 11.2. The van der Waals surface area contributed by atoms with Gasteiger partial charge in [0.05, 0.1) is 13.2 Å². The van der Waals surface area contributed by atoms with Crippen LogP contribution in [0.5, 0.6) is 5.75 Å². The number of nitrogens with one attached hydrogen (secondary N) is 1. The Hall–Kier alpha value is -1.24. The molecule has 2 heterocycles. The van der Waals surface area contributed by atoms with Crippen LogP contribution in [0.4, 0.5) is 0 Å². The zero-order valence-electron chi connectivity index (χ0n) is 16.8. The lowest BCUT2D eigenvalue weighted by Gasteiger charge is -2.43. The highest BCUT2D eigenvalue weighted by molar-refractivity contribution is 7.99. The zero-order valence-corrected chi connectivity index (χ0v) is 17.6. The number of nitrogens with zero attached hydrogens (tertiary/aromatic N) is 1. The number of benzene rings is 1. The van der Waals surface area contributed by atoms with Gasteiger partial charge in [0.25, 0.3) is 5.91 Å². The summed E-state index contributed by atoms with van der Waals surface area (Å²) in [7, 11) is 0. The molecule has 2 aliphatic heterocycles. The lowest BCUT2D eigenvalue weighted by Crippen LogP contribution is -2.59. The normalized spacial score (nSPS) is 23.6. The molecular weight excluding hydrogens is 360 g/mol. The van der Waals surface area contributed by atoms with Gasteiger partial charge < -0.3 is 14.8 Å². The Bertz CT molecular complexity index is 638. The van der Waals surface area contributed by atoms with Crippen LogP contribution in [0.2, 0.25) is 0 Å². The monoisotopic (exact) mass is 392 g/mol. The molecule has 0 saturated carbocycles. The first-order valence-corrected chi connectivity index (χ1v) is 11.1. The van der Waals surface area contributed by atoms with Crippen molar-refractivity contribution < 1.29 is 14.3 Å². The lowest BCUT2D eigenvalue weighted by atomic mass is 9.95. The largest absolute Gasteiger partial charge is 0.484 e. The average Bonchev–Trinajstić information content (AvgIpc) is 3.15. The van der Waals surface area contributed by atoms with Gasteiger partial charge >= 0.3 is 0 Å². The molecule has 2 saturated heterocycles. The van der Waals surface area contributed by atoms with Crippen LogP contribution >= 0.6 is 11.8 Å². The SMILES string of the molecule is Cc1cc(OCC(=O)NCC2(N3CCOCC3)CCSC2)ccc1C(C)C. The minimum atomic E-state index is -0.0508. The molecule has 1 aromatic rings. The van der Waals surface area contributed by atoms with E-state index in [1.807, 2.05) is 23.9 Å². The number of aryl methyl sites for hydroxylation is 1. The van der Waals surface area contributed by atoms with Crippen molar-refractivity contribution in [1.82, 2.24) is 10.2 Å². The molecule has 1 unspecified atom stereocenters. The third-order valence-electron chi connectivity index (χ3n) is 5.61. The van der Waals surface area contributed by atoms with Crippen LogP contribution in [0.1, 0.15) is 37.3 Å². The fourth-order valence-electron chi connectivity index (χ4n) is 3.98. The lowest BCUT2D eigenvalue weighted by molar-refractivity contribution is -0.123. The van der Waals surface area contributed by atoms with Crippen LogP contribution in [-0.4, -0.2) is 67.3 Å². The van der Waals surface area contributed by atoms with E-state index in [0.29, 0.717) is 12.5 Å². The Balaban J connectivity index is 1.50. The molecule has 1 atom stereocenters. The first-order chi connectivity index (χ1) is 13.0. The maximum Gasteiger partial charge on any atom is 0.258 e. The highest BCUT2D eigenvalue weighted by Crippen LogP contribution is 2.33. The third-order valence-corrected chi connectivity index (χ3v) is 6.85. The predicted molar refractivity (Wildman–Crippen MR) is 111 cm³/mol. The van der Waals surface area contributed by atoms with Gasteiger partial charge in [-0.2, -0.15) is 11.8 Å². The first-order valence-electron chi connectivity index (χ1n) is 9.91. The Labute approximate surface area is 167 Å². The molecule has 0 aromatic heterocycles. The summed E-state index contributed by atoms with van der Waals surface area (Å²) in [5, 5.41) is 3.12. The molecule has 1 N–H and O–H groups in total. The summed E-state index contributed by atoms with van der Waals surface area (Å²) in [6.45, 7) is 10.7. The van der Waals surface area contributed by atoms with Gasteiger partial charge in [-0.15, -0.1) is 0 Å². The molecule has 1 amide bonds. The topological polar surface area (TPSA) is 50.8 Å². The Morgan fingerprint density at radius 2 is 2.15 bits per heavy atom. The van der Waals surface area contributed by atoms with Gasteiger partial charge in [0, 0.05) is 30.9 Å². The summed E-state index contributed by atoms with van der Waals surface area (Å²) in [5.74, 6) is 3.43. The summed E-state index contributed by atoms with van der Waals surface area (Å²) in [4.78, 5) is 14.9. The van der Waals surface area contributed by atoms with Crippen molar-refractivity contribution in [3.05, 3.63) is 29.3 Å². The van der Waals surface area contributed by atoms with Crippen LogP contribution in [0, 0.1) is 6.92 Å². The van der Waals surface area contributed by atoms with E-state index in [9.17, 15) is 4.79 Å². The molecule has 3 rings (SSSR count). The van der Waals surface area contributed by atoms with E-state index in [4.69, 9.17) is 9.47 Å². The molecule has 150 valence electrons. The maximum absolute atomic E-state index is 12.4. The number of morpholine rings is 1. The van der Waals surface area contributed by atoms with Crippen molar-refractivity contribution in [3.8, 4) is 5.75 Å². The van der Waals surface area contributed by atoms with E-state index < -0.39 is 0 Å². The third kappa shape index (κ3) is 5.18. The highest BCUT2D eigenvalue weighted by atomic mass is 32.2. The van der Waals surface area contributed by atoms with E-state index >= 15 is 0 Å². The molecule has 5 nitrogen and oxygen atoms in total. The standard InChI is InChI=1S/C21H32N2O3S/c1-16(2)19-5-4-18(12-17(19)3)26-13-20(24)22-14-21(6-11-27-15-21)23-7-9-25-10-8-23/h4-5,12,16H,6-11,13-15H2,1-3H3,(H,22,24). The Morgan fingerprint density at radius 1 is 1.37 bits per heavy atom. The predicted octanol–water partition coefficient (Wildman–Crippen LogP) is 2.82. The van der Waals surface area contributed by atoms with Crippen LogP contribution in [0.15, 0.2) is 18.2 Å². The van der Waals surface area contributed by atoms with Gasteiger partial charge in [-0.25, -0.2) is 0 Å². The minimum absolute atomic E-state index is 0.0508. The van der Waals surface area contributed by atoms with E-state index in [1.54, 1.807) is 0 Å². The number of carbonyl (C=O) groups excluding carboxylic acids is 1. The van der Waals surface area contributed by atoms with Crippen molar-refractivity contribution in [2.75, 3.05) is 51.0 Å². The maximum atomic E-state index is 12.4. The van der Waals surface area contributed by atoms with Crippen LogP contribution in [0.25, 0.3) is 0 Å². The Kier molecular flexibility index (Phi) is 7.06. The number of hydrogen-bond acceptors (Lipinski definition) is 5. The fourth-order valence-corrected chi connectivity index (χ4v) is 5.46. The van der Waals surface area contributed by atoms with E-state index in [-0.39, 0.29) is 18.1 Å². The van der Waals surface area contributed by atoms with Crippen molar-refractivity contribution in [2.24, 2.45) is 0 Å². The van der Waals surface area contributed by atoms with Crippen molar-refractivity contribution >= 4 is 17.7 Å². The van der Waals surface area contributed by atoms with Gasteiger partial charge in [0.15, 0.2) is 6.61 Å². The smallest absolute Gasteiger partial charge is 0.258 e. The second kappa shape index (κ2) is 9.30. The number of hydrogen-bond donors (Lipinski definition) is 1. The molecule has 0 spiro atoms. The first kappa shape index (κ1) is 20.5. The van der Waals surface area contributed by atoms with Gasteiger partial charge in [-0.3, -0.25) is 9.69 Å². The van der Waals surface area contributed by atoms with Crippen LogP contribution < -0.4 is 10.1 Å². The van der Waals surface area contributed by atoms with Gasteiger partial charge in [0.1, 0.15) is 5.75 Å². The van der Waals surface area contributed by atoms with E-state index in [1.165, 1.54) is 11.1 Å². The highest BCUT2D eigenvalue weighted by Gasteiger charge is 2.40. The summed E-state index contributed by atoms with van der Waals surface area (Å²) in [6.07, 6.45) is 1.12. The van der Waals surface area contributed by atoms with Gasteiger partial charge in [-0.05, 0) is 48.3 Å². The number of amides is 1. The quantitative estimate of drug-likeness (QED) is 0.773. The van der Waals surface area contributed by atoms with Crippen LogP contribution in [0.3, 0.4) is 0 Å². The van der Waals surface area contributed by atoms with Crippen molar-refractivity contribution in [3.63, 3.8) is 0 Å². The average molecular weight is 393 g/mol. The van der Waals surface area contributed by atoms with Crippen LogP contribution in [-0.2, 0) is 9.53 Å². The molecule has 0 bridgehead atoms. The molecule has 0 aliphatic carbocycles. The van der Waals surface area contributed by atoms with Gasteiger partial charge in [-0.1, -0.05) is 19.9 Å². The molecule has 2 aliphatic rings. The summed E-state index contributed by atoms with van der Waals surface area (Å²) >= 11 is 1.98. The molecule has 0 radical (unpaired) electrons. The molecule has 27 heavy (non-hydrogen) atoms. The zero-order chi connectivity index (χ0) is 19.3. The minimum Gasteiger partial charge on any atom is -0.484 e. The fraction of sp³-hybridized carbons (Fsp3) is 0.667. The molecule has 1 aromatic carbocycles. The summed E-state index contributed by atoms with van der Waals surface area (Å²) in [6, 6.07) is 6.07. The molecular formula is C21H32N2O3S. The van der Waals surface area contributed by atoms with E-state index in [0.717, 1.165) is 50.0 Å². The van der Waals surface area contributed by atoms with Gasteiger partial charge in [0.2, 0.25) is 0 Å². The number of rotatable bonds is 7. The summed E-state index contributed by atoms with van der Waals surface area (Å²) in [5.41, 5.74) is 2.59. The molecule has 2 fully saturated rings.